The number of aromatic nitrogens is 2. The van der Waals surface area contributed by atoms with Crippen molar-refractivity contribution in [1.29, 1.82) is 0 Å². The van der Waals surface area contributed by atoms with Gasteiger partial charge in [0.05, 0.1) is 11.9 Å². The minimum atomic E-state index is -0.752. The van der Waals surface area contributed by atoms with Crippen LogP contribution < -0.4 is 5.32 Å². The Morgan fingerprint density at radius 2 is 2.00 bits per heavy atom. The summed E-state index contributed by atoms with van der Waals surface area (Å²) in [5, 5.41) is 2.43. The van der Waals surface area contributed by atoms with Crippen LogP contribution >= 0.6 is 0 Å². The Morgan fingerprint density at radius 1 is 1.23 bits per heavy atom. The molecule has 0 saturated carbocycles. The highest BCUT2D eigenvalue weighted by atomic mass is 19.1. The van der Waals surface area contributed by atoms with Crippen LogP contribution in [0.2, 0.25) is 0 Å². The molecule has 6 nitrogen and oxygen atoms in total. The molecule has 1 aromatic heterocycles. The van der Waals surface area contributed by atoms with Gasteiger partial charge in [-0.2, -0.15) is 0 Å². The highest BCUT2D eigenvalue weighted by Crippen LogP contribution is 2.13. The summed E-state index contributed by atoms with van der Waals surface area (Å²) in [5.41, 5.74) is 1.44. The topological polar surface area (TPSA) is 81.2 Å². The molecule has 0 bridgehead atoms. The van der Waals surface area contributed by atoms with Crippen molar-refractivity contribution in [1.82, 2.24) is 9.97 Å². The number of hydrogen-bond acceptors (Lipinski definition) is 5. The zero-order valence-corrected chi connectivity index (χ0v) is 12.1. The van der Waals surface area contributed by atoms with Gasteiger partial charge in [-0.1, -0.05) is 6.07 Å². The van der Waals surface area contributed by atoms with Crippen molar-refractivity contribution in [3.8, 4) is 0 Å². The van der Waals surface area contributed by atoms with E-state index in [1.807, 2.05) is 0 Å². The number of ether oxygens (including phenoxy) is 1. The number of halogens is 1. The average molecular weight is 303 g/mol. The smallest absolute Gasteiger partial charge is 0.359 e. The predicted octanol–water partition coefficient (Wildman–Crippen LogP) is 2.03. The Bertz CT molecular complexity index is 702. The molecular weight excluding hydrogens is 289 g/mol. The van der Waals surface area contributed by atoms with Crippen LogP contribution in [0.1, 0.15) is 21.7 Å². The number of amides is 1. The number of rotatable bonds is 4. The number of carbonyl (C=O) groups is 2. The van der Waals surface area contributed by atoms with Gasteiger partial charge in [0.15, 0.2) is 12.3 Å². The van der Waals surface area contributed by atoms with E-state index in [4.69, 9.17) is 4.74 Å². The Morgan fingerprint density at radius 3 is 2.64 bits per heavy atom. The van der Waals surface area contributed by atoms with Gasteiger partial charge in [0, 0.05) is 11.9 Å². The molecule has 114 valence electrons. The molecule has 1 N–H and O–H groups in total. The van der Waals surface area contributed by atoms with Gasteiger partial charge in [0.25, 0.3) is 5.91 Å². The van der Waals surface area contributed by atoms with Crippen LogP contribution in [-0.4, -0.2) is 28.5 Å². The molecule has 1 heterocycles. The van der Waals surface area contributed by atoms with E-state index < -0.39 is 24.3 Å². The van der Waals surface area contributed by atoms with E-state index in [0.717, 1.165) is 0 Å². The molecule has 0 aliphatic rings. The molecule has 2 aromatic rings. The predicted molar refractivity (Wildman–Crippen MR) is 76.8 cm³/mol. The van der Waals surface area contributed by atoms with Crippen molar-refractivity contribution in [3.63, 3.8) is 0 Å². The Labute approximate surface area is 126 Å². The second kappa shape index (κ2) is 6.75. The number of nitrogens with zero attached hydrogens (tertiary/aromatic N) is 2. The van der Waals surface area contributed by atoms with E-state index in [-0.39, 0.29) is 5.69 Å². The minimum Gasteiger partial charge on any atom is -0.451 e. The minimum absolute atomic E-state index is 0.0137. The summed E-state index contributed by atoms with van der Waals surface area (Å²) in [6.07, 6.45) is 2.69. The number of anilines is 1. The monoisotopic (exact) mass is 303 g/mol. The molecule has 0 fully saturated rings. The number of nitrogens with one attached hydrogen (secondary N) is 1. The number of hydrogen-bond donors (Lipinski definition) is 1. The van der Waals surface area contributed by atoms with Crippen LogP contribution in [0.4, 0.5) is 10.1 Å². The highest BCUT2D eigenvalue weighted by molar-refractivity contribution is 5.94. The summed E-state index contributed by atoms with van der Waals surface area (Å²) >= 11 is 0. The third kappa shape index (κ3) is 4.08. The summed E-state index contributed by atoms with van der Waals surface area (Å²) in [6, 6.07) is 4.29. The van der Waals surface area contributed by atoms with E-state index in [1.54, 1.807) is 26.0 Å². The fourth-order valence-corrected chi connectivity index (χ4v) is 1.57. The molecule has 0 saturated heterocycles. The second-order valence-corrected chi connectivity index (χ2v) is 4.63. The first kappa shape index (κ1) is 15.6. The molecule has 0 unspecified atom stereocenters. The second-order valence-electron chi connectivity index (χ2n) is 4.63. The fourth-order valence-electron chi connectivity index (χ4n) is 1.57. The van der Waals surface area contributed by atoms with Crippen molar-refractivity contribution in [2.75, 3.05) is 11.9 Å². The zero-order valence-electron chi connectivity index (χ0n) is 12.1. The molecule has 0 aliphatic carbocycles. The maximum atomic E-state index is 13.3. The molecule has 22 heavy (non-hydrogen) atoms. The lowest BCUT2D eigenvalue weighted by Gasteiger charge is -2.07. The van der Waals surface area contributed by atoms with E-state index in [2.05, 4.69) is 15.3 Å². The summed E-state index contributed by atoms with van der Waals surface area (Å²) < 4.78 is 18.2. The van der Waals surface area contributed by atoms with Gasteiger partial charge in [-0.15, -0.1) is 0 Å². The molecule has 1 amide bonds. The molecule has 0 spiro atoms. The van der Waals surface area contributed by atoms with Gasteiger partial charge in [-0.25, -0.2) is 14.2 Å². The molecule has 1 aromatic carbocycles. The number of esters is 1. The first-order valence-corrected chi connectivity index (χ1v) is 6.47. The van der Waals surface area contributed by atoms with Crippen LogP contribution in [-0.2, 0) is 9.53 Å². The summed E-state index contributed by atoms with van der Waals surface area (Å²) in [4.78, 5) is 31.0. The van der Waals surface area contributed by atoms with Crippen LogP contribution in [0.3, 0.4) is 0 Å². The van der Waals surface area contributed by atoms with Gasteiger partial charge in [-0.3, -0.25) is 9.78 Å². The SMILES string of the molecule is Cc1cnc(C(=O)OCC(=O)Nc2ccc(C)c(F)c2)cn1. The largest absolute Gasteiger partial charge is 0.451 e. The van der Waals surface area contributed by atoms with Crippen LogP contribution in [0.25, 0.3) is 0 Å². The van der Waals surface area contributed by atoms with E-state index in [0.29, 0.717) is 16.9 Å². The van der Waals surface area contributed by atoms with Crippen molar-refractivity contribution >= 4 is 17.6 Å². The van der Waals surface area contributed by atoms with E-state index >= 15 is 0 Å². The van der Waals surface area contributed by atoms with E-state index in [1.165, 1.54) is 18.5 Å². The third-order valence-electron chi connectivity index (χ3n) is 2.78. The third-order valence-corrected chi connectivity index (χ3v) is 2.78. The molecule has 7 heteroatoms. The van der Waals surface area contributed by atoms with Crippen LogP contribution in [0, 0.1) is 19.7 Å². The van der Waals surface area contributed by atoms with Gasteiger partial charge >= 0.3 is 5.97 Å². The summed E-state index contributed by atoms with van der Waals surface area (Å²) in [6.45, 7) is 2.85. The Balaban J connectivity index is 1.88. The zero-order chi connectivity index (χ0) is 16.1. The van der Waals surface area contributed by atoms with Crippen LogP contribution in [0.5, 0.6) is 0 Å². The van der Waals surface area contributed by atoms with Crippen molar-refractivity contribution in [2.45, 2.75) is 13.8 Å². The highest BCUT2D eigenvalue weighted by Gasteiger charge is 2.12. The quantitative estimate of drug-likeness (QED) is 0.874. The first-order valence-electron chi connectivity index (χ1n) is 6.47. The van der Waals surface area contributed by atoms with Gasteiger partial charge in [0.1, 0.15) is 5.82 Å². The number of benzene rings is 1. The average Bonchev–Trinajstić information content (AvgIpc) is 2.49. The summed E-state index contributed by atoms with van der Waals surface area (Å²) in [7, 11) is 0. The van der Waals surface area contributed by atoms with Gasteiger partial charge in [-0.05, 0) is 31.5 Å². The number of aryl methyl sites for hydroxylation is 2. The molecule has 0 atom stereocenters. The Kier molecular flexibility index (Phi) is 4.77. The molecule has 2 rings (SSSR count). The molecule has 0 aliphatic heterocycles. The molecule has 0 radical (unpaired) electrons. The lowest BCUT2D eigenvalue weighted by atomic mass is 10.2. The van der Waals surface area contributed by atoms with Crippen molar-refractivity contribution in [2.24, 2.45) is 0 Å². The maximum Gasteiger partial charge on any atom is 0.359 e. The summed E-state index contributed by atoms with van der Waals surface area (Å²) in [5.74, 6) is -1.75. The first-order chi connectivity index (χ1) is 10.5. The lowest BCUT2D eigenvalue weighted by Crippen LogP contribution is -2.21. The number of carbonyl (C=O) groups excluding carboxylic acids is 2. The van der Waals surface area contributed by atoms with Crippen molar-refractivity contribution in [3.05, 3.63) is 53.4 Å². The van der Waals surface area contributed by atoms with Gasteiger partial charge < -0.3 is 10.1 Å². The van der Waals surface area contributed by atoms with Crippen LogP contribution in [0.15, 0.2) is 30.6 Å². The lowest BCUT2D eigenvalue weighted by molar-refractivity contribution is -0.119. The fraction of sp³-hybridized carbons (Fsp3) is 0.200. The van der Waals surface area contributed by atoms with E-state index in [9.17, 15) is 14.0 Å². The van der Waals surface area contributed by atoms with Crippen molar-refractivity contribution < 1.29 is 18.7 Å². The normalized spacial score (nSPS) is 10.1. The Hall–Kier alpha value is -2.83. The maximum absolute atomic E-state index is 13.3. The standard InChI is InChI=1S/C15H14FN3O3/c1-9-3-4-11(5-12(9)16)19-14(20)8-22-15(21)13-7-17-10(2)6-18-13/h3-7H,8H2,1-2H3,(H,19,20). The van der Waals surface area contributed by atoms with Gasteiger partial charge in [0.2, 0.25) is 0 Å². The molecular formula is C15H14FN3O3.